The SMILES string of the molecule is CCC=CCC=CCC=CCC=CCC=CCC(C)=CCCC(=O)O[C@@H](C(=O)O[C@H]1C[C@@]2(O)[C@@H](OC(=O)c3ccccc3)[C@@H]3[C@]4(OC(C)=O)CO[C@@H]4C[C@H](O)[C@@]3(C)C(=O)[C@H](OC(C)=O)C(=C1C)C2(C)C)[C@@H](NC(=O)c1ccccc1)c1ccccc1. The lowest BCUT2D eigenvalue weighted by Gasteiger charge is -2.67. The summed E-state index contributed by atoms with van der Waals surface area (Å²) in [6.45, 7) is 12.1. The first-order chi connectivity index (χ1) is 41.1. The number of aliphatic hydroxyl groups is 2. The Morgan fingerprint density at radius 2 is 1.29 bits per heavy atom. The Morgan fingerprint density at radius 3 is 1.84 bits per heavy atom. The predicted octanol–water partition coefficient (Wildman–Crippen LogP) is 11.2. The van der Waals surface area contributed by atoms with Crippen molar-refractivity contribution in [1.82, 2.24) is 5.32 Å². The number of amides is 1. The number of fused-ring (bicyclic) bond motifs is 5. The molecule has 3 N–H and O–H groups in total. The van der Waals surface area contributed by atoms with Gasteiger partial charge in [-0.3, -0.25) is 24.0 Å². The molecule has 1 amide bonds. The smallest absolute Gasteiger partial charge is 0.350 e. The van der Waals surface area contributed by atoms with E-state index in [9.17, 15) is 34.2 Å². The number of nitrogens with one attached hydrogen (secondary N) is 1. The van der Waals surface area contributed by atoms with Gasteiger partial charge in [0, 0.05) is 44.1 Å². The van der Waals surface area contributed by atoms with Crippen molar-refractivity contribution >= 4 is 41.5 Å². The molecule has 0 spiro atoms. The Kier molecular flexibility index (Phi) is 22.6. The number of hydrogen-bond donors (Lipinski definition) is 3. The van der Waals surface area contributed by atoms with Crippen molar-refractivity contribution in [3.05, 3.63) is 191 Å². The fourth-order valence-electron chi connectivity index (χ4n) is 12.5. The first-order valence-corrected chi connectivity index (χ1v) is 29.7. The Balaban J connectivity index is 1.22. The van der Waals surface area contributed by atoms with Crippen LogP contribution in [-0.4, -0.2) is 106 Å². The lowest BCUT2D eigenvalue weighted by Crippen LogP contribution is -2.82. The van der Waals surface area contributed by atoms with E-state index in [4.69, 9.17) is 28.4 Å². The van der Waals surface area contributed by atoms with Crippen LogP contribution in [0.1, 0.15) is 152 Å². The average molecular weight is 1180 g/mol. The van der Waals surface area contributed by atoms with Gasteiger partial charge in [0.05, 0.1) is 29.6 Å². The minimum Gasteiger partial charge on any atom is -0.455 e. The fourth-order valence-corrected chi connectivity index (χ4v) is 12.5. The molecule has 0 aromatic heterocycles. The van der Waals surface area contributed by atoms with Gasteiger partial charge >= 0.3 is 29.8 Å². The summed E-state index contributed by atoms with van der Waals surface area (Å²) in [6, 6.07) is 23.1. The number of hydrogen-bond acceptors (Lipinski definition) is 15. The van der Waals surface area contributed by atoms with Gasteiger partial charge in [0.15, 0.2) is 17.5 Å². The lowest BCUT2D eigenvalue weighted by atomic mass is 9.44. The maximum absolute atomic E-state index is 15.9. The maximum atomic E-state index is 15.9. The number of carbonyl (C=O) groups is 7. The zero-order chi connectivity index (χ0) is 62.2. The molecule has 1 heterocycles. The van der Waals surface area contributed by atoms with E-state index in [1.807, 2.05) is 13.0 Å². The van der Waals surface area contributed by atoms with Gasteiger partial charge in [-0.15, -0.1) is 0 Å². The molecule has 2 bridgehead atoms. The Bertz CT molecular complexity index is 3120. The highest BCUT2D eigenvalue weighted by Crippen LogP contribution is 2.64. The van der Waals surface area contributed by atoms with Crippen molar-refractivity contribution in [2.75, 3.05) is 6.61 Å². The van der Waals surface area contributed by atoms with Crippen LogP contribution in [0.5, 0.6) is 0 Å². The summed E-state index contributed by atoms with van der Waals surface area (Å²) in [4.78, 5) is 101. The van der Waals surface area contributed by atoms with Crippen molar-refractivity contribution in [2.45, 2.75) is 173 Å². The van der Waals surface area contributed by atoms with Crippen LogP contribution in [0, 0.1) is 16.7 Å². The molecule has 3 aliphatic carbocycles. The predicted molar refractivity (Wildman–Crippen MR) is 324 cm³/mol. The highest BCUT2D eigenvalue weighted by atomic mass is 16.6. The van der Waals surface area contributed by atoms with E-state index in [0.29, 0.717) is 12.0 Å². The first-order valence-electron chi connectivity index (χ1n) is 29.7. The quantitative estimate of drug-likeness (QED) is 0.0407. The maximum Gasteiger partial charge on any atom is 0.350 e. The van der Waals surface area contributed by atoms with Crippen LogP contribution in [0.3, 0.4) is 0 Å². The number of esters is 5. The lowest BCUT2D eigenvalue weighted by molar-refractivity contribution is -0.346. The molecular formula is C70H83NO15. The van der Waals surface area contributed by atoms with Crippen LogP contribution in [0.15, 0.2) is 175 Å². The summed E-state index contributed by atoms with van der Waals surface area (Å²) >= 11 is 0. The molecule has 1 saturated heterocycles. The molecule has 86 heavy (non-hydrogen) atoms. The normalized spacial score (nSPS) is 26.9. The molecule has 3 aromatic carbocycles. The Labute approximate surface area is 505 Å². The third-order valence-corrected chi connectivity index (χ3v) is 17.2. The summed E-state index contributed by atoms with van der Waals surface area (Å²) in [7, 11) is 0. The van der Waals surface area contributed by atoms with E-state index >= 15 is 9.59 Å². The molecule has 16 heteroatoms. The number of allylic oxidation sites excluding steroid dienone is 12. The van der Waals surface area contributed by atoms with E-state index in [1.54, 1.807) is 99.6 Å². The van der Waals surface area contributed by atoms with Crippen LogP contribution in [-0.2, 0) is 52.4 Å². The van der Waals surface area contributed by atoms with Crippen molar-refractivity contribution in [1.29, 1.82) is 0 Å². The van der Waals surface area contributed by atoms with Crippen LogP contribution in [0.4, 0.5) is 0 Å². The monoisotopic (exact) mass is 1180 g/mol. The standard InChI is InChI=1S/C70H83NO15/c1-9-10-11-12-13-14-15-16-17-18-19-20-21-22-26-34-46(2)35-33-42-56(75)84-60(58(50-36-27-23-28-37-50)71-64(77)51-38-29-24-30-39-51)66(79)83-53-44-70(80)63(85-65(78)52-40-31-25-32-41-52)61-68(8,54(74)43-55-69(61,45-81-55)86-49(5)73)62(76)59(82-48(4)72)57(47(53)3)67(70,6)7/h10-11,13-14,16-17,19-20,22-32,35-41,53-55,58-61,63,74,80H,9,12,15,18,21,33-34,42-45H2,1-8H3,(H,71,77)/t53-,54-,55+,58-,59+,60+,61-,63-,68+,69-,70+/m0/s1. The zero-order valence-corrected chi connectivity index (χ0v) is 50.6. The number of Topliss-reactive ketones (excluding diaryl/α,β-unsaturated/α-hetero) is 1. The van der Waals surface area contributed by atoms with Crippen molar-refractivity contribution in [3.8, 4) is 0 Å². The second kappa shape index (κ2) is 29.5. The van der Waals surface area contributed by atoms with Gasteiger partial charge in [-0.25, -0.2) is 9.59 Å². The highest BCUT2D eigenvalue weighted by Gasteiger charge is 2.78. The summed E-state index contributed by atoms with van der Waals surface area (Å²) in [5.74, 6) is -7.73. The molecule has 458 valence electrons. The molecule has 7 rings (SSSR count). The number of ketones is 1. The summed E-state index contributed by atoms with van der Waals surface area (Å²) in [5, 5.41) is 29.3. The molecule has 3 aromatic rings. The number of carbonyl (C=O) groups excluding carboxylic acids is 7. The third kappa shape index (κ3) is 14.9. The van der Waals surface area contributed by atoms with Crippen molar-refractivity contribution < 1.29 is 72.2 Å². The second-order valence-corrected chi connectivity index (χ2v) is 23.3. The molecule has 11 atom stereocenters. The third-order valence-electron chi connectivity index (χ3n) is 17.2. The largest absolute Gasteiger partial charge is 0.455 e. The van der Waals surface area contributed by atoms with Gasteiger partial charge in [0.1, 0.15) is 30.0 Å². The minimum absolute atomic E-state index is 0.0253. The molecule has 4 aliphatic rings. The second-order valence-electron chi connectivity index (χ2n) is 23.3. The van der Waals surface area contributed by atoms with E-state index in [1.165, 1.54) is 19.1 Å². The van der Waals surface area contributed by atoms with Gasteiger partial charge in [-0.05, 0) is 107 Å². The van der Waals surface area contributed by atoms with E-state index < -0.39 is 119 Å². The number of rotatable bonds is 25. The molecule has 1 aliphatic heterocycles. The van der Waals surface area contributed by atoms with Crippen LogP contribution < -0.4 is 5.32 Å². The molecule has 2 saturated carbocycles. The molecule has 3 fully saturated rings. The van der Waals surface area contributed by atoms with Crippen molar-refractivity contribution in [3.63, 3.8) is 0 Å². The zero-order valence-electron chi connectivity index (χ0n) is 50.6. The Morgan fingerprint density at radius 1 is 0.733 bits per heavy atom. The molecule has 16 nitrogen and oxygen atoms in total. The molecule has 0 radical (unpaired) electrons. The first kappa shape index (κ1) is 65.7. The fraction of sp³-hybridized carbons (Fsp3) is 0.443. The van der Waals surface area contributed by atoms with Gasteiger partial charge in [-0.2, -0.15) is 0 Å². The summed E-state index contributed by atoms with van der Waals surface area (Å²) in [6.07, 6.45) is 17.7. The average Bonchev–Trinajstić information content (AvgIpc) is 0.673. The van der Waals surface area contributed by atoms with Gasteiger partial charge in [-0.1, -0.05) is 160 Å². The minimum atomic E-state index is -2.46. The number of ether oxygens (including phenoxy) is 6. The molecule has 0 unspecified atom stereocenters. The summed E-state index contributed by atoms with van der Waals surface area (Å²) in [5.41, 5.74) is -6.34. The van der Waals surface area contributed by atoms with Gasteiger partial charge < -0.3 is 44.0 Å². The van der Waals surface area contributed by atoms with E-state index in [-0.39, 0.29) is 48.1 Å². The van der Waals surface area contributed by atoms with E-state index in [2.05, 4.69) is 73.0 Å². The number of benzene rings is 3. The Hall–Kier alpha value is -7.79. The molecular weight excluding hydrogens is 1090 g/mol. The van der Waals surface area contributed by atoms with Crippen molar-refractivity contribution in [2.24, 2.45) is 16.7 Å². The van der Waals surface area contributed by atoms with Crippen LogP contribution in [0.25, 0.3) is 0 Å². The van der Waals surface area contributed by atoms with Crippen LogP contribution in [0.2, 0.25) is 0 Å². The van der Waals surface area contributed by atoms with E-state index in [0.717, 1.165) is 51.5 Å². The van der Waals surface area contributed by atoms with Gasteiger partial charge in [0.25, 0.3) is 5.91 Å². The number of aliphatic hydroxyl groups excluding tert-OH is 1. The topological polar surface area (TPSA) is 227 Å². The van der Waals surface area contributed by atoms with Crippen LogP contribution >= 0.6 is 0 Å². The summed E-state index contributed by atoms with van der Waals surface area (Å²) < 4.78 is 37.3. The van der Waals surface area contributed by atoms with Gasteiger partial charge in [0.2, 0.25) is 6.10 Å². The highest BCUT2D eigenvalue weighted by molar-refractivity contribution is 5.96.